The average molecular weight is 280 g/mol. The van der Waals surface area contributed by atoms with E-state index in [9.17, 15) is 4.39 Å². The summed E-state index contributed by atoms with van der Waals surface area (Å²) in [4.78, 5) is 2.44. The molecule has 0 radical (unpaired) electrons. The number of nitrogens with one attached hydrogen (secondary N) is 1. The van der Waals surface area contributed by atoms with Gasteiger partial charge in [-0.15, -0.1) is 0 Å². The highest BCUT2D eigenvalue weighted by atomic mass is 19.1. The summed E-state index contributed by atoms with van der Waals surface area (Å²) in [6.07, 6.45) is 2.38. The van der Waals surface area contributed by atoms with Crippen LogP contribution in [0.25, 0.3) is 0 Å². The SMILES string of the molecule is CCN1CCCC(NC(C)c2ccc(OC)cc2F)C1. The Balaban J connectivity index is 1.99. The number of piperidine rings is 1. The van der Waals surface area contributed by atoms with Crippen molar-refractivity contribution in [2.45, 2.75) is 38.8 Å². The van der Waals surface area contributed by atoms with Crippen LogP contribution in [0.4, 0.5) is 4.39 Å². The minimum Gasteiger partial charge on any atom is -0.497 e. The standard InChI is InChI=1S/C16H25FN2O/c1-4-19-9-5-6-13(11-19)18-12(2)15-8-7-14(20-3)10-16(15)17/h7-8,10,12-13,18H,4-6,9,11H2,1-3H3. The normalized spacial score (nSPS) is 21.7. The molecule has 0 saturated carbocycles. The molecule has 3 nitrogen and oxygen atoms in total. The minimum absolute atomic E-state index is 0.0164. The summed E-state index contributed by atoms with van der Waals surface area (Å²) in [5.74, 6) is 0.362. The first-order valence-corrected chi connectivity index (χ1v) is 7.46. The lowest BCUT2D eigenvalue weighted by atomic mass is 10.0. The van der Waals surface area contributed by atoms with Gasteiger partial charge in [0.1, 0.15) is 11.6 Å². The smallest absolute Gasteiger partial charge is 0.131 e. The van der Waals surface area contributed by atoms with Gasteiger partial charge in [0.15, 0.2) is 0 Å². The molecule has 0 amide bonds. The summed E-state index contributed by atoms with van der Waals surface area (Å²) in [6, 6.07) is 5.54. The van der Waals surface area contributed by atoms with Crippen LogP contribution in [-0.2, 0) is 0 Å². The molecule has 4 heteroatoms. The Kier molecular flexibility index (Phi) is 5.38. The number of hydrogen-bond acceptors (Lipinski definition) is 3. The predicted molar refractivity (Wildman–Crippen MR) is 79.6 cm³/mol. The molecule has 1 saturated heterocycles. The Bertz CT molecular complexity index is 438. The lowest BCUT2D eigenvalue weighted by Crippen LogP contribution is -2.46. The van der Waals surface area contributed by atoms with E-state index >= 15 is 0 Å². The van der Waals surface area contributed by atoms with Gasteiger partial charge in [0.05, 0.1) is 7.11 Å². The van der Waals surface area contributed by atoms with Crippen molar-refractivity contribution in [2.24, 2.45) is 0 Å². The van der Waals surface area contributed by atoms with Gasteiger partial charge < -0.3 is 15.0 Å². The summed E-state index contributed by atoms with van der Waals surface area (Å²) in [7, 11) is 1.55. The topological polar surface area (TPSA) is 24.5 Å². The summed E-state index contributed by atoms with van der Waals surface area (Å²) in [5.41, 5.74) is 0.708. The van der Waals surface area contributed by atoms with Crippen LogP contribution in [-0.4, -0.2) is 37.7 Å². The molecule has 1 aliphatic rings. The van der Waals surface area contributed by atoms with Gasteiger partial charge >= 0.3 is 0 Å². The zero-order valence-electron chi connectivity index (χ0n) is 12.7. The molecule has 0 aliphatic carbocycles. The van der Waals surface area contributed by atoms with E-state index in [-0.39, 0.29) is 11.9 Å². The van der Waals surface area contributed by atoms with Gasteiger partial charge in [-0.3, -0.25) is 0 Å². The van der Waals surface area contributed by atoms with E-state index in [2.05, 4.69) is 17.1 Å². The van der Waals surface area contributed by atoms with Crippen LogP contribution >= 0.6 is 0 Å². The van der Waals surface area contributed by atoms with Crippen molar-refractivity contribution in [3.63, 3.8) is 0 Å². The van der Waals surface area contributed by atoms with E-state index in [1.54, 1.807) is 7.11 Å². The Morgan fingerprint density at radius 1 is 1.50 bits per heavy atom. The number of methoxy groups -OCH3 is 1. The molecule has 2 rings (SSSR count). The van der Waals surface area contributed by atoms with Gasteiger partial charge in [0.2, 0.25) is 0 Å². The molecule has 0 bridgehead atoms. The third kappa shape index (κ3) is 3.70. The number of benzene rings is 1. The number of likely N-dealkylation sites (N-methyl/N-ethyl adjacent to an activating group) is 1. The maximum atomic E-state index is 14.1. The second-order valence-corrected chi connectivity index (χ2v) is 5.51. The first-order chi connectivity index (χ1) is 9.63. The molecule has 2 atom stereocenters. The second-order valence-electron chi connectivity index (χ2n) is 5.51. The van der Waals surface area contributed by atoms with Crippen molar-refractivity contribution in [3.05, 3.63) is 29.6 Å². The minimum atomic E-state index is -0.201. The van der Waals surface area contributed by atoms with Crippen LogP contribution in [0, 0.1) is 5.82 Å². The van der Waals surface area contributed by atoms with E-state index < -0.39 is 0 Å². The van der Waals surface area contributed by atoms with Crippen molar-refractivity contribution in [2.75, 3.05) is 26.7 Å². The molecular formula is C16H25FN2O. The molecule has 1 aliphatic heterocycles. The molecule has 1 heterocycles. The number of likely N-dealkylation sites (tertiary alicyclic amines) is 1. The van der Waals surface area contributed by atoms with Crippen LogP contribution in [0.2, 0.25) is 0 Å². The van der Waals surface area contributed by atoms with Crippen molar-refractivity contribution >= 4 is 0 Å². The maximum absolute atomic E-state index is 14.1. The quantitative estimate of drug-likeness (QED) is 0.897. The fourth-order valence-corrected chi connectivity index (χ4v) is 2.91. The Labute approximate surface area is 121 Å². The van der Waals surface area contributed by atoms with E-state index in [1.165, 1.54) is 25.5 Å². The summed E-state index contributed by atoms with van der Waals surface area (Å²) in [5, 5.41) is 3.56. The molecule has 0 spiro atoms. The van der Waals surface area contributed by atoms with Crippen LogP contribution in [0.3, 0.4) is 0 Å². The van der Waals surface area contributed by atoms with Gasteiger partial charge in [-0.25, -0.2) is 4.39 Å². The predicted octanol–water partition coefficient (Wildman–Crippen LogP) is 2.97. The first-order valence-electron chi connectivity index (χ1n) is 7.46. The molecule has 2 unspecified atom stereocenters. The fourth-order valence-electron chi connectivity index (χ4n) is 2.91. The molecule has 1 N–H and O–H groups in total. The van der Waals surface area contributed by atoms with Crippen molar-refractivity contribution in [3.8, 4) is 5.75 Å². The van der Waals surface area contributed by atoms with Crippen LogP contribution in [0.15, 0.2) is 18.2 Å². The molecule has 20 heavy (non-hydrogen) atoms. The molecule has 1 aromatic rings. The summed E-state index contributed by atoms with van der Waals surface area (Å²) < 4.78 is 19.1. The van der Waals surface area contributed by atoms with Crippen molar-refractivity contribution < 1.29 is 9.13 Å². The zero-order chi connectivity index (χ0) is 14.5. The van der Waals surface area contributed by atoms with Gasteiger partial charge in [-0.2, -0.15) is 0 Å². The highest BCUT2D eigenvalue weighted by Gasteiger charge is 2.21. The zero-order valence-corrected chi connectivity index (χ0v) is 12.7. The molecule has 112 valence electrons. The van der Waals surface area contributed by atoms with Crippen LogP contribution < -0.4 is 10.1 Å². The Hall–Kier alpha value is -1.13. The lowest BCUT2D eigenvalue weighted by Gasteiger charge is -2.34. The van der Waals surface area contributed by atoms with E-state index in [1.807, 2.05) is 19.1 Å². The van der Waals surface area contributed by atoms with Gasteiger partial charge in [0.25, 0.3) is 0 Å². The number of rotatable bonds is 5. The van der Waals surface area contributed by atoms with E-state index in [4.69, 9.17) is 4.74 Å². The Morgan fingerprint density at radius 3 is 2.95 bits per heavy atom. The number of nitrogens with zero attached hydrogens (tertiary/aromatic N) is 1. The molecular weight excluding hydrogens is 255 g/mol. The third-order valence-corrected chi connectivity index (χ3v) is 4.11. The van der Waals surface area contributed by atoms with Gasteiger partial charge in [-0.1, -0.05) is 13.0 Å². The number of ether oxygens (including phenoxy) is 1. The molecule has 1 fully saturated rings. The fraction of sp³-hybridized carbons (Fsp3) is 0.625. The van der Waals surface area contributed by atoms with Gasteiger partial charge in [-0.05, 0) is 38.9 Å². The lowest BCUT2D eigenvalue weighted by molar-refractivity contribution is 0.191. The van der Waals surface area contributed by atoms with Crippen molar-refractivity contribution in [1.82, 2.24) is 10.2 Å². The van der Waals surface area contributed by atoms with Gasteiger partial charge in [0, 0.05) is 30.3 Å². The second kappa shape index (κ2) is 7.04. The van der Waals surface area contributed by atoms with Crippen LogP contribution in [0.1, 0.15) is 38.3 Å². The number of halogens is 1. The highest BCUT2D eigenvalue weighted by molar-refractivity contribution is 5.30. The Morgan fingerprint density at radius 2 is 2.30 bits per heavy atom. The number of hydrogen-bond donors (Lipinski definition) is 1. The average Bonchev–Trinajstić information content (AvgIpc) is 2.47. The molecule has 1 aromatic carbocycles. The summed E-state index contributed by atoms with van der Waals surface area (Å²) >= 11 is 0. The largest absolute Gasteiger partial charge is 0.497 e. The maximum Gasteiger partial charge on any atom is 0.131 e. The van der Waals surface area contributed by atoms with E-state index in [0.717, 1.165) is 13.1 Å². The van der Waals surface area contributed by atoms with E-state index in [0.29, 0.717) is 17.4 Å². The summed E-state index contributed by atoms with van der Waals surface area (Å²) in [6.45, 7) is 7.53. The monoisotopic (exact) mass is 280 g/mol. The van der Waals surface area contributed by atoms with Crippen LogP contribution in [0.5, 0.6) is 5.75 Å². The first kappa shape index (κ1) is 15.3. The van der Waals surface area contributed by atoms with Crippen molar-refractivity contribution in [1.29, 1.82) is 0 Å². The highest BCUT2D eigenvalue weighted by Crippen LogP contribution is 2.23. The third-order valence-electron chi connectivity index (χ3n) is 4.11. The molecule has 0 aromatic heterocycles.